The molecule has 0 spiro atoms. The van der Waals surface area contributed by atoms with Crippen LogP contribution in [0.5, 0.6) is 5.75 Å². The van der Waals surface area contributed by atoms with E-state index in [9.17, 15) is 12.8 Å². The molecule has 0 saturated heterocycles. The molecule has 0 aliphatic rings. The van der Waals surface area contributed by atoms with E-state index in [0.717, 1.165) is 5.56 Å². The average Bonchev–Trinajstić information content (AvgIpc) is 2.55. The van der Waals surface area contributed by atoms with E-state index >= 15 is 0 Å². The predicted octanol–water partition coefficient (Wildman–Crippen LogP) is 3.35. The summed E-state index contributed by atoms with van der Waals surface area (Å²) >= 11 is 0. The fourth-order valence-electron chi connectivity index (χ4n) is 2.02. The average molecular weight is 353 g/mol. The van der Waals surface area contributed by atoms with Crippen LogP contribution in [0.3, 0.4) is 0 Å². The van der Waals surface area contributed by atoms with Crippen LogP contribution in [0.1, 0.15) is 12.0 Å². The third-order valence-electron chi connectivity index (χ3n) is 3.29. The molecule has 0 saturated carbocycles. The molecule has 0 aliphatic carbocycles. The number of sulfonamides is 1. The molecular weight excluding hydrogens is 333 g/mol. The first-order valence-electron chi connectivity index (χ1n) is 7.44. The summed E-state index contributed by atoms with van der Waals surface area (Å²) in [6, 6.07) is 10.5. The quantitative estimate of drug-likeness (QED) is 0.739. The fourth-order valence-corrected chi connectivity index (χ4v) is 3.10. The zero-order valence-corrected chi connectivity index (χ0v) is 14.4. The number of ether oxygens (including phenoxy) is 2. The zero-order chi connectivity index (χ0) is 17.6. The molecule has 0 aliphatic heterocycles. The first kappa shape index (κ1) is 18.2. The van der Waals surface area contributed by atoms with Crippen molar-refractivity contribution in [3.63, 3.8) is 0 Å². The second-order valence-electron chi connectivity index (χ2n) is 5.23. The normalized spacial score (nSPS) is 11.3. The number of aryl methyl sites for hydroxylation is 1. The summed E-state index contributed by atoms with van der Waals surface area (Å²) in [7, 11) is -2.33. The lowest BCUT2D eigenvalue weighted by Crippen LogP contribution is -2.15. The fraction of sp³-hybridized carbons (Fsp3) is 0.294. The van der Waals surface area contributed by atoms with Gasteiger partial charge in [-0.2, -0.15) is 0 Å². The van der Waals surface area contributed by atoms with Crippen molar-refractivity contribution >= 4 is 15.7 Å². The van der Waals surface area contributed by atoms with Crippen LogP contribution in [0.25, 0.3) is 0 Å². The van der Waals surface area contributed by atoms with Gasteiger partial charge in [0.1, 0.15) is 11.4 Å². The molecule has 0 aromatic heterocycles. The number of benzene rings is 2. The van der Waals surface area contributed by atoms with Crippen LogP contribution < -0.4 is 9.46 Å². The van der Waals surface area contributed by atoms with E-state index in [-0.39, 0.29) is 22.9 Å². The summed E-state index contributed by atoms with van der Waals surface area (Å²) < 4.78 is 51.6. The Bertz CT molecular complexity index is 776. The Hall–Kier alpha value is -2.12. The summed E-state index contributed by atoms with van der Waals surface area (Å²) in [5.41, 5.74) is 0.734. The largest absolute Gasteiger partial charge is 0.491 e. The number of hydrogen-bond acceptors (Lipinski definition) is 4. The first-order valence-corrected chi connectivity index (χ1v) is 8.92. The maximum atomic E-state index is 14.1. The molecule has 0 fully saturated rings. The monoisotopic (exact) mass is 353 g/mol. The van der Waals surface area contributed by atoms with Gasteiger partial charge in [0.2, 0.25) is 0 Å². The van der Waals surface area contributed by atoms with Crippen molar-refractivity contribution in [1.29, 1.82) is 0 Å². The molecule has 2 aromatic carbocycles. The van der Waals surface area contributed by atoms with E-state index in [1.54, 1.807) is 19.2 Å². The van der Waals surface area contributed by atoms with Gasteiger partial charge < -0.3 is 9.47 Å². The highest BCUT2D eigenvalue weighted by Gasteiger charge is 2.19. The van der Waals surface area contributed by atoms with Crippen molar-refractivity contribution in [2.75, 3.05) is 25.0 Å². The second-order valence-corrected chi connectivity index (χ2v) is 6.91. The number of anilines is 1. The lowest BCUT2D eigenvalue weighted by molar-refractivity contribution is 0.172. The van der Waals surface area contributed by atoms with Gasteiger partial charge in [-0.25, -0.2) is 12.8 Å². The van der Waals surface area contributed by atoms with Crippen LogP contribution in [0, 0.1) is 12.7 Å². The number of rotatable bonds is 8. The Morgan fingerprint density at radius 1 is 1.08 bits per heavy atom. The van der Waals surface area contributed by atoms with Crippen LogP contribution in [-0.4, -0.2) is 28.7 Å². The van der Waals surface area contributed by atoms with Gasteiger partial charge in [0.25, 0.3) is 10.0 Å². The molecule has 2 aromatic rings. The van der Waals surface area contributed by atoms with Crippen molar-refractivity contribution in [2.45, 2.75) is 18.2 Å². The Labute approximate surface area is 141 Å². The van der Waals surface area contributed by atoms with Crippen LogP contribution in [0.4, 0.5) is 10.1 Å². The lowest BCUT2D eigenvalue weighted by Gasteiger charge is -2.14. The maximum absolute atomic E-state index is 14.1. The van der Waals surface area contributed by atoms with Crippen LogP contribution in [0.2, 0.25) is 0 Å². The molecule has 0 radical (unpaired) electrons. The highest BCUT2D eigenvalue weighted by Crippen LogP contribution is 2.30. The van der Waals surface area contributed by atoms with Crippen molar-refractivity contribution in [3.05, 3.63) is 53.8 Å². The number of methoxy groups -OCH3 is 1. The summed E-state index contributed by atoms with van der Waals surface area (Å²) in [6.45, 7) is 2.64. The smallest absolute Gasteiger partial charge is 0.262 e. The Kier molecular flexibility index (Phi) is 6.16. The molecule has 0 bridgehead atoms. The Morgan fingerprint density at radius 2 is 1.79 bits per heavy atom. The minimum absolute atomic E-state index is 0.0571. The molecular formula is C17H20FNO4S. The molecule has 7 heteroatoms. The molecule has 1 N–H and O–H groups in total. The van der Waals surface area contributed by atoms with E-state index < -0.39 is 15.8 Å². The van der Waals surface area contributed by atoms with Crippen molar-refractivity contribution in [3.8, 4) is 5.75 Å². The van der Waals surface area contributed by atoms with Gasteiger partial charge in [-0.05, 0) is 31.2 Å². The van der Waals surface area contributed by atoms with E-state index in [1.165, 1.54) is 30.3 Å². The molecule has 0 unspecified atom stereocenters. The lowest BCUT2D eigenvalue weighted by atomic mass is 10.2. The van der Waals surface area contributed by atoms with Crippen molar-refractivity contribution < 1.29 is 22.3 Å². The number of hydrogen-bond donors (Lipinski definition) is 1. The van der Waals surface area contributed by atoms with Crippen LogP contribution in [-0.2, 0) is 14.8 Å². The summed E-state index contributed by atoms with van der Waals surface area (Å²) in [5.74, 6) is -0.559. The van der Waals surface area contributed by atoms with Gasteiger partial charge in [-0.15, -0.1) is 0 Å². The molecule has 5 nitrogen and oxygen atoms in total. The first-order chi connectivity index (χ1) is 11.4. The van der Waals surface area contributed by atoms with Crippen LogP contribution >= 0.6 is 0 Å². The van der Waals surface area contributed by atoms with Crippen molar-refractivity contribution in [1.82, 2.24) is 0 Å². The third kappa shape index (κ3) is 4.69. The second kappa shape index (κ2) is 8.12. The molecule has 130 valence electrons. The van der Waals surface area contributed by atoms with E-state index in [2.05, 4.69) is 4.72 Å². The van der Waals surface area contributed by atoms with Crippen molar-refractivity contribution in [2.24, 2.45) is 0 Å². The number of halogens is 1. The minimum Gasteiger partial charge on any atom is -0.491 e. The molecule has 0 atom stereocenters. The van der Waals surface area contributed by atoms with E-state index in [1.807, 2.05) is 6.92 Å². The minimum atomic E-state index is -3.91. The topological polar surface area (TPSA) is 64.6 Å². The van der Waals surface area contributed by atoms with Gasteiger partial charge in [0, 0.05) is 20.1 Å². The number of nitrogens with one attached hydrogen (secondary N) is 1. The maximum Gasteiger partial charge on any atom is 0.262 e. The molecule has 0 heterocycles. The third-order valence-corrected chi connectivity index (χ3v) is 4.66. The van der Waals surface area contributed by atoms with Gasteiger partial charge >= 0.3 is 0 Å². The van der Waals surface area contributed by atoms with E-state index in [0.29, 0.717) is 13.0 Å². The highest BCUT2D eigenvalue weighted by molar-refractivity contribution is 7.92. The summed E-state index contributed by atoms with van der Waals surface area (Å²) in [5, 5.41) is 0. The molecule has 0 amide bonds. The van der Waals surface area contributed by atoms with E-state index in [4.69, 9.17) is 9.47 Å². The summed E-state index contributed by atoms with van der Waals surface area (Å²) in [4.78, 5) is 0.0571. The zero-order valence-electron chi connectivity index (χ0n) is 13.6. The van der Waals surface area contributed by atoms with Gasteiger partial charge in [-0.3, -0.25) is 4.72 Å². The highest BCUT2D eigenvalue weighted by atomic mass is 32.2. The molecule has 24 heavy (non-hydrogen) atoms. The SMILES string of the molecule is COCCCOc1cccc(F)c1NS(=O)(=O)c1ccc(C)cc1. The Balaban J connectivity index is 2.23. The molecule has 2 rings (SSSR count). The van der Waals surface area contributed by atoms with Crippen LogP contribution in [0.15, 0.2) is 47.4 Å². The Morgan fingerprint density at radius 3 is 2.46 bits per heavy atom. The van der Waals surface area contributed by atoms with Gasteiger partial charge in [0.05, 0.1) is 11.5 Å². The van der Waals surface area contributed by atoms with Gasteiger partial charge in [0.15, 0.2) is 5.82 Å². The predicted molar refractivity (Wildman–Crippen MR) is 90.4 cm³/mol. The standard InChI is InChI=1S/C17H20FNO4S/c1-13-7-9-14(10-8-13)24(20,21)19-17-15(18)5-3-6-16(17)23-12-4-11-22-2/h3,5-10,19H,4,11-12H2,1-2H3. The summed E-state index contributed by atoms with van der Waals surface area (Å²) in [6.07, 6.45) is 0.608. The van der Waals surface area contributed by atoms with Gasteiger partial charge in [-0.1, -0.05) is 23.8 Å². The number of para-hydroxylation sites is 1.